The molecular formula is C9H5F3N2O2. The van der Waals surface area contributed by atoms with Crippen molar-refractivity contribution in [3.63, 3.8) is 0 Å². The zero-order valence-corrected chi connectivity index (χ0v) is 7.73. The molecule has 0 fully saturated rings. The van der Waals surface area contributed by atoms with Gasteiger partial charge in [-0.3, -0.25) is 0 Å². The lowest BCUT2D eigenvalue weighted by atomic mass is 10.2. The van der Waals surface area contributed by atoms with Gasteiger partial charge in [-0.05, 0) is 24.3 Å². The molecule has 0 saturated carbocycles. The predicted molar refractivity (Wildman–Crippen MR) is 46.4 cm³/mol. The van der Waals surface area contributed by atoms with Gasteiger partial charge in [-0.15, -0.1) is 23.4 Å². The van der Waals surface area contributed by atoms with Crippen LogP contribution in [0.3, 0.4) is 0 Å². The maximum atomic E-state index is 11.9. The summed E-state index contributed by atoms with van der Waals surface area (Å²) in [6.07, 6.45) is -3.55. The Labute approximate surface area is 87.7 Å². The van der Waals surface area contributed by atoms with Crippen LogP contribution in [0.5, 0.6) is 5.75 Å². The van der Waals surface area contributed by atoms with Crippen LogP contribution in [0.15, 0.2) is 35.1 Å². The first-order chi connectivity index (χ1) is 7.54. The molecule has 0 spiro atoms. The van der Waals surface area contributed by atoms with Crippen molar-refractivity contribution in [3.8, 4) is 17.2 Å². The van der Waals surface area contributed by atoms with E-state index in [1.165, 1.54) is 24.3 Å². The van der Waals surface area contributed by atoms with E-state index in [0.717, 1.165) is 6.39 Å². The summed E-state index contributed by atoms with van der Waals surface area (Å²) in [5, 5.41) is 7.06. The molecule has 0 bridgehead atoms. The summed E-state index contributed by atoms with van der Waals surface area (Å²) < 4.78 is 44.1. The van der Waals surface area contributed by atoms with E-state index in [0.29, 0.717) is 5.56 Å². The van der Waals surface area contributed by atoms with Crippen LogP contribution < -0.4 is 4.74 Å². The summed E-state index contributed by atoms with van der Waals surface area (Å²) in [5.74, 6) is -0.0608. The first kappa shape index (κ1) is 10.5. The van der Waals surface area contributed by atoms with Crippen LogP contribution in [-0.4, -0.2) is 16.6 Å². The van der Waals surface area contributed by atoms with Crippen molar-refractivity contribution >= 4 is 0 Å². The number of nitrogens with zero attached hydrogens (tertiary/aromatic N) is 2. The highest BCUT2D eigenvalue weighted by Gasteiger charge is 2.30. The highest BCUT2D eigenvalue weighted by Crippen LogP contribution is 2.25. The van der Waals surface area contributed by atoms with Crippen molar-refractivity contribution in [2.45, 2.75) is 6.36 Å². The predicted octanol–water partition coefficient (Wildman–Crippen LogP) is 2.64. The molecule has 0 N–H and O–H groups in total. The molecular weight excluding hydrogens is 225 g/mol. The fourth-order valence-electron chi connectivity index (χ4n) is 1.10. The van der Waals surface area contributed by atoms with Crippen LogP contribution in [0.1, 0.15) is 0 Å². The van der Waals surface area contributed by atoms with Gasteiger partial charge < -0.3 is 9.15 Å². The number of alkyl halides is 3. The number of hydrogen-bond acceptors (Lipinski definition) is 4. The fraction of sp³-hybridized carbons (Fsp3) is 0.111. The molecule has 16 heavy (non-hydrogen) atoms. The molecule has 0 radical (unpaired) electrons. The van der Waals surface area contributed by atoms with Crippen LogP contribution in [-0.2, 0) is 0 Å². The van der Waals surface area contributed by atoms with E-state index in [1.54, 1.807) is 0 Å². The largest absolute Gasteiger partial charge is 0.573 e. The number of aromatic nitrogens is 2. The second-order valence-electron chi connectivity index (χ2n) is 2.82. The zero-order valence-electron chi connectivity index (χ0n) is 7.73. The van der Waals surface area contributed by atoms with Crippen molar-refractivity contribution in [2.24, 2.45) is 0 Å². The molecule has 2 aromatic rings. The number of halogens is 3. The Morgan fingerprint density at radius 1 is 1.12 bits per heavy atom. The normalized spacial score (nSPS) is 11.4. The maximum Gasteiger partial charge on any atom is 0.573 e. The summed E-state index contributed by atoms with van der Waals surface area (Å²) in [7, 11) is 0. The second kappa shape index (κ2) is 3.84. The number of ether oxygens (including phenoxy) is 1. The molecule has 1 aromatic carbocycles. The van der Waals surface area contributed by atoms with Crippen LogP contribution in [0.25, 0.3) is 11.5 Å². The van der Waals surface area contributed by atoms with Gasteiger partial charge in [-0.1, -0.05) is 0 Å². The fourth-order valence-corrected chi connectivity index (χ4v) is 1.10. The first-order valence-corrected chi connectivity index (χ1v) is 4.17. The molecule has 4 nitrogen and oxygen atoms in total. The van der Waals surface area contributed by atoms with E-state index in [9.17, 15) is 13.2 Å². The Morgan fingerprint density at radius 3 is 2.31 bits per heavy atom. The van der Waals surface area contributed by atoms with E-state index in [4.69, 9.17) is 4.42 Å². The van der Waals surface area contributed by atoms with Gasteiger partial charge in [0.05, 0.1) is 0 Å². The van der Waals surface area contributed by atoms with Crippen molar-refractivity contribution in [3.05, 3.63) is 30.7 Å². The summed E-state index contributed by atoms with van der Waals surface area (Å²) in [6.45, 7) is 0. The molecule has 84 valence electrons. The minimum atomic E-state index is -4.69. The van der Waals surface area contributed by atoms with E-state index >= 15 is 0 Å². The van der Waals surface area contributed by atoms with Gasteiger partial charge in [-0.25, -0.2) is 0 Å². The van der Waals surface area contributed by atoms with Gasteiger partial charge in [0.1, 0.15) is 5.75 Å². The van der Waals surface area contributed by atoms with Crippen molar-refractivity contribution in [1.82, 2.24) is 10.2 Å². The maximum absolute atomic E-state index is 11.9. The Bertz CT molecular complexity index is 451. The van der Waals surface area contributed by atoms with E-state index in [1.807, 2.05) is 0 Å². The van der Waals surface area contributed by atoms with Gasteiger partial charge in [0.15, 0.2) is 0 Å². The summed E-state index contributed by atoms with van der Waals surface area (Å²) >= 11 is 0. The van der Waals surface area contributed by atoms with Crippen LogP contribution >= 0.6 is 0 Å². The number of hydrogen-bond donors (Lipinski definition) is 0. The Balaban J connectivity index is 2.17. The van der Waals surface area contributed by atoms with Gasteiger partial charge in [-0.2, -0.15) is 0 Å². The highest BCUT2D eigenvalue weighted by atomic mass is 19.4. The minimum absolute atomic E-state index is 0.235. The lowest BCUT2D eigenvalue weighted by molar-refractivity contribution is -0.274. The second-order valence-corrected chi connectivity index (χ2v) is 2.82. The quantitative estimate of drug-likeness (QED) is 0.795. The molecule has 7 heteroatoms. The Kier molecular flexibility index (Phi) is 2.51. The van der Waals surface area contributed by atoms with E-state index in [2.05, 4.69) is 14.9 Å². The standard InChI is InChI=1S/C9H5F3N2O2/c10-9(11,12)16-7-3-1-6(2-4-7)8-14-13-5-15-8/h1-5H. The number of benzene rings is 1. The Morgan fingerprint density at radius 2 is 1.81 bits per heavy atom. The van der Waals surface area contributed by atoms with E-state index in [-0.39, 0.29) is 11.6 Å². The van der Waals surface area contributed by atoms with Crippen LogP contribution in [0.2, 0.25) is 0 Å². The molecule has 0 aliphatic carbocycles. The molecule has 1 aromatic heterocycles. The molecule has 2 rings (SSSR count). The third-order valence-electron chi connectivity index (χ3n) is 1.69. The van der Waals surface area contributed by atoms with Gasteiger partial charge in [0, 0.05) is 5.56 Å². The lowest BCUT2D eigenvalue weighted by Gasteiger charge is -2.08. The molecule has 0 aliphatic heterocycles. The summed E-state index contributed by atoms with van der Waals surface area (Å²) in [5.41, 5.74) is 0.520. The molecule has 0 atom stereocenters. The molecule has 0 saturated heterocycles. The van der Waals surface area contributed by atoms with E-state index < -0.39 is 6.36 Å². The number of rotatable bonds is 2. The molecule has 0 amide bonds. The zero-order chi connectivity index (χ0) is 11.6. The minimum Gasteiger partial charge on any atom is -0.423 e. The molecule has 1 heterocycles. The van der Waals surface area contributed by atoms with Gasteiger partial charge >= 0.3 is 6.36 Å². The Hall–Kier alpha value is -2.05. The lowest BCUT2D eigenvalue weighted by Crippen LogP contribution is -2.16. The van der Waals surface area contributed by atoms with Crippen molar-refractivity contribution in [2.75, 3.05) is 0 Å². The van der Waals surface area contributed by atoms with Crippen molar-refractivity contribution in [1.29, 1.82) is 0 Å². The SMILES string of the molecule is FC(F)(F)Oc1ccc(-c2nnco2)cc1. The van der Waals surface area contributed by atoms with Crippen LogP contribution in [0.4, 0.5) is 13.2 Å². The smallest absolute Gasteiger partial charge is 0.423 e. The average Bonchev–Trinajstić information content (AvgIpc) is 2.69. The molecule has 0 unspecified atom stereocenters. The van der Waals surface area contributed by atoms with Crippen molar-refractivity contribution < 1.29 is 22.3 Å². The monoisotopic (exact) mass is 230 g/mol. The van der Waals surface area contributed by atoms with Gasteiger partial charge in [0.25, 0.3) is 0 Å². The summed E-state index contributed by atoms with van der Waals surface area (Å²) in [4.78, 5) is 0. The highest BCUT2D eigenvalue weighted by molar-refractivity contribution is 5.53. The third-order valence-corrected chi connectivity index (χ3v) is 1.69. The average molecular weight is 230 g/mol. The third kappa shape index (κ3) is 2.50. The van der Waals surface area contributed by atoms with Crippen LogP contribution in [0, 0.1) is 0 Å². The topological polar surface area (TPSA) is 48.2 Å². The summed E-state index contributed by atoms with van der Waals surface area (Å²) in [6, 6.07) is 5.14. The molecule has 0 aliphatic rings. The first-order valence-electron chi connectivity index (χ1n) is 4.17. The van der Waals surface area contributed by atoms with Gasteiger partial charge in [0.2, 0.25) is 12.3 Å².